The molecule has 3 rings (SSSR count). The van der Waals surface area contributed by atoms with Crippen molar-refractivity contribution >= 4 is 28.6 Å². The van der Waals surface area contributed by atoms with Crippen LogP contribution in [0.3, 0.4) is 0 Å². The molecule has 0 aliphatic heterocycles. The quantitative estimate of drug-likeness (QED) is 0.494. The molecule has 0 aliphatic rings. The smallest absolute Gasteiger partial charge is 0.223 e. The van der Waals surface area contributed by atoms with Gasteiger partial charge in [0.25, 0.3) is 0 Å². The van der Waals surface area contributed by atoms with Crippen LogP contribution in [0.1, 0.15) is 50.1 Å². The van der Waals surface area contributed by atoms with Crippen molar-refractivity contribution in [1.29, 1.82) is 0 Å². The molecule has 29 heavy (non-hydrogen) atoms. The van der Waals surface area contributed by atoms with E-state index in [-0.39, 0.29) is 11.9 Å². The molecule has 0 aromatic carbocycles. The Balaban J connectivity index is 0.00000145. The van der Waals surface area contributed by atoms with Crippen LogP contribution in [-0.2, 0) is 6.54 Å². The van der Waals surface area contributed by atoms with E-state index in [0.717, 1.165) is 28.1 Å². The molecule has 0 fully saturated rings. The minimum Gasteiger partial charge on any atom is -0.496 e. The summed E-state index contributed by atoms with van der Waals surface area (Å²) in [5, 5.41) is 1.01. The van der Waals surface area contributed by atoms with Gasteiger partial charge < -0.3 is 15.0 Å². The molecule has 3 aromatic rings. The third kappa shape index (κ3) is 4.80. The molecule has 0 radical (unpaired) electrons. The number of fused-ring (bicyclic) bond motifs is 1. The van der Waals surface area contributed by atoms with E-state index in [2.05, 4.69) is 26.8 Å². The van der Waals surface area contributed by atoms with Crippen molar-refractivity contribution in [2.45, 2.75) is 48.1 Å². The maximum Gasteiger partial charge on any atom is 0.223 e. The summed E-state index contributed by atoms with van der Waals surface area (Å²) in [7, 11) is 1.66. The van der Waals surface area contributed by atoms with Crippen LogP contribution in [-0.4, -0.2) is 26.6 Å². The average molecular weight is 414 g/mol. The fourth-order valence-electron chi connectivity index (χ4n) is 2.99. The molecule has 0 saturated carbocycles. The maximum atomic E-state index is 6.35. The Morgan fingerprint density at radius 1 is 1.24 bits per heavy atom. The van der Waals surface area contributed by atoms with E-state index in [1.807, 2.05) is 58.5 Å². The summed E-state index contributed by atoms with van der Waals surface area (Å²) in [5.41, 5.74) is 10.1. The third-order valence-corrected chi connectivity index (χ3v) is 4.53. The first-order valence-electron chi connectivity index (χ1n) is 9.64. The molecule has 0 saturated heterocycles. The number of ether oxygens (including phenoxy) is 1. The van der Waals surface area contributed by atoms with E-state index in [0.29, 0.717) is 22.7 Å². The molecule has 2 N–H and O–H groups in total. The van der Waals surface area contributed by atoms with Crippen LogP contribution < -0.4 is 10.5 Å². The summed E-state index contributed by atoms with van der Waals surface area (Å²) in [6.45, 7) is 12.5. The van der Waals surface area contributed by atoms with Crippen molar-refractivity contribution in [3.05, 3.63) is 39.9 Å². The molecule has 0 unspecified atom stereocenters. The van der Waals surface area contributed by atoms with Gasteiger partial charge in [0.2, 0.25) is 5.95 Å². The number of pyridine rings is 1. The van der Waals surface area contributed by atoms with Gasteiger partial charge in [-0.25, -0.2) is 4.98 Å². The van der Waals surface area contributed by atoms with Crippen LogP contribution in [0.15, 0.2) is 12.4 Å². The van der Waals surface area contributed by atoms with Crippen molar-refractivity contribution in [3.63, 3.8) is 0 Å². The normalized spacial score (nSPS) is 10.4. The first-order valence-corrected chi connectivity index (χ1v) is 10.0. The SMILES string of the molecule is CC.COc1c(C)cnc(Cn2cc(C#CC(C)C)c3c(Cl)nc(N)nc32)c1C. The second-order valence-corrected chi connectivity index (χ2v) is 7.07. The van der Waals surface area contributed by atoms with Gasteiger partial charge >= 0.3 is 0 Å². The molecule has 0 aliphatic carbocycles. The Hall–Kier alpha value is -2.78. The Bertz CT molecular complexity index is 1080. The lowest BCUT2D eigenvalue weighted by Gasteiger charge is -2.13. The van der Waals surface area contributed by atoms with Gasteiger partial charge in [0.05, 0.1) is 30.3 Å². The molecule has 0 atom stereocenters. The van der Waals surface area contributed by atoms with Crippen LogP contribution in [0.5, 0.6) is 5.75 Å². The van der Waals surface area contributed by atoms with Gasteiger partial charge in [-0.15, -0.1) is 0 Å². The molecule has 0 bridgehead atoms. The summed E-state index contributed by atoms with van der Waals surface area (Å²) in [4.78, 5) is 13.0. The first-order chi connectivity index (χ1) is 13.8. The second-order valence-electron chi connectivity index (χ2n) is 6.71. The lowest BCUT2D eigenvalue weighted by molar-refractivity contribution is 0.406. The van der Waals surface area contributed by atoms with E-state index in [4.69, 9.17) is 22.1 Å². The van der Waals surface area contributed by atoms with Crippen LogP contribution >= 0.6 is 11.6 Å². The summed E-state index contributed by atoms with van der Waals surface area (Å²) in [6, 6.07) is 0. The Morgan fingerprint density at radius 2 is 1.93 bits per heavy atom. The van der Waals surface area contributed by atoms with Crippen molar-refractivity contribution in [2.75, 3.05) is 12.8 Å². The Kier molecular flexibility index (Phi) is 7.46. The lowest BCUT2D eigenvalue weighted by atomic mass is 10.1. The lowest BCUT2D eigenvalue weighted by Crippen LogP contribution is -2.07. The summed E-state index contributed by atoms with van der Waals surface area (Å²) >= 11 is 6.35. The number of nitrogens with zero attached hydrogens (tertiary/aromatic N) is 4. The average Bonchev–Trinajstić information content (AvgIpc) is 3.02. The molecule has 6 nitrogen and oxygen atoms in total. The number of aryl methyl sites for hydroxylation is 1. The number of nitrogen functional groups attached to an aromatic ring is 1. The van der Waals surface area contributed by atoms with Gasteiger partial charge in [-0.2, -0.15) is 4.98 Å². The van der Waals surface area contributed by atoms with E-state index in [1.165, 1.54) is 0 Å². The standard InChI is InChI=1S/C20H22ClN5O.C2H6/c1-11(2)6-7-14-9-26(19-16(14)18(21)24-20(22)25-19)10-15-13(4)17(27-5)12(3)8-23-15;1-2/h8-9,11H,10H2,1-5H3,(H2,22,24,25);1-2H3. The maximum absolute atomic E-state index is 6.35. The molecule has 3 aromatic heterocycles. The highest BCUT2D eigenvalue weighted by Gasteiger charge is 2.17. The minimum absolute atomic E-state index is 0.126. The number of halogens is 1. The molecule has 0 spiro atoms. The van der Waals surface area contributed by atoms with Crippen LogP contribution in [0.4, 0.5) is 5.95 Å². The van der Waals surface area contributed by atoms with Crippen LogP contribution in [0.25, 0.3) is 11.0 Å². The Labute approximate surface area is 177 Å². The molecular weight excluding hydrogens is 386 g/mol. The summed E-state index contributed by atoms with van der Waals surface area (Å²) in [5.74, 6) is 7.55. The topological polar surface area (TPSA) is 78.8 Å². The summed E-state index contributed by atoms with van der Waals surface area (Å²) < 4.78 is 7.46. The minimum atomic E-state index is 0.126. The fourth-order valence-corrected chi connectivity index (χ4v) is 3.26. The number of hydrogen-bond donors (Lipinski definition) is 1. The van der Waals surface area contributed by atoms with Crippen molar-refractivity contribution < 1.29 is 4.74 Å². The molecule has 0 amide bonds. The van der Waals surface area contributed by atoms with Gasteiger partial charge in [-0.05, 0) is 13.8 Å². The van der Waals surface area contributed by atoms with Gasteiger partial charge in [0.1, 0.15) is 16.5 Å². The van der Waals surface area contributed by atoms with Crippen molar-refractivity contribution in [1.82, 2.24) is 19.5 Å². The van der Waals surface area contributed by atoms with Gasteiger partial charge in [-0.3, -0.25) is 4.98 Å². The fraction of sp³-hybridized carbons (Fsp3) is 0.409. The number of methoxy groups -OCH3 is 1. The number of nitrogens with two attached hydrogens (primary N) is 1. The Morgan fingerprint density at radius 3 is 2.55 bits per heavy atom. The highest BCUT2D eigenvalue weighted by atomic mass is 35.5. The molecular formula is C22H28ClN5O. The zero-order chi connectivity index (χ0) is 21.7. The van der Waals surface area contributed by atoms with Gasteiger partial charge in [-0.1, -0.05) is 51.1 Å². The van der Waals surface area contributed by atoms with E-state index >= 15 is 0 Å². The number of aromatic nitrogens is 4. The zero-order valence-electron chi connectivity index (χ0n) is 18.1. The highest BCUT2D eigenvalue weighted by Crippen LogP contribution is 2.29. The zero-order valence-corrected chi connectivity index (χ0v) is 18.8. The van der Waals surface area contributed by atoms with E-state index in [9.17, 15) is 0 Å². The third-order valence-electron chi connectivity index (χ3n) is 4.25. The predicted octanol–water partition coefficient (Wildman–Crippen LogP) is 4.77. The summed E-state index contributed by atoms with van der Waals surface area (Å²) in [6.07, 6.45) is 3.73. The molecule has 154 valence electrons. The molecule has 3 heterocycles. The highest BCUT2D eigenvalue weighted by molar-refractivity contribution is 6.34. The number of rotatable bonds is 3. The largest absolute Gasteiger partial charge is 0.496 e. The van der Waals surface area contributed by atoms with Gasteiger partial charge in [0, 0.05) is 29.4 Å². The first kappa shape index (κ1) is 22.5. The van der Waals surface area contributed by atoms with Crippen molar-refractivity contribution in [3.8, 4) is 17.6 Å². The number of hydrogen-bond acceptors (Lipinski definition) is 5. The molecule has 7 heteroatoms. The van der Waals surface area contributed by atoms with Gasteiger partial charge in [0.15, 0.2) is 0 Å². The monoisotopic (exact) mass is 413 g/mol. The van der Waals surface area contributed by atoms with Crippen LogP contribution in [0, 0.1) is 31.6 Å². The van der Waals surface area contributed by atoms with Crippen LogP contribution in [0.2, 0.25) is 5.15 Å². The van der Waals surface area contributed by atoms with E-state index in [1.54, 1.807) is 7.11 Å². The van der Waals surface area contributed by atoms with Crippen molar-refractivity contribution in [2.24, 2.45) is 5.92 Å². The van der Waals surface area contributed by atoms with E-state index < -0.39 is 0 Å². The number of anilines is 1. The second kappa shape index (κ2) is 9.62. The predicted molar refractivity (Wildman–Crippen MR) is 119 cm³/mol.